The zero-order valence-corrected chi connectivity index (χ0v) is 16.9. The van der Waals surface area contributed by atoms with Gasteiger partial charge in [0, 0.05) is 6.54 Å². The van der Waals surface area contributed by atoms with Gasteiger partial charge in [-0.05, 0) is 24.8 Å². The molecule has 148 valence electrons. The van der Waals surface area contributed by atoms with Crippen LogP contribution in [0.3, 0.4) is 0 Å². The summed E-state index contributed by atoms with van der Waals surface area (Å²) < 4.78 is 2.14. The lowest BCUT2D eigenvalue weighted by molar-refractivity contribution is -0.919. The fraction of sp³-hybridized carbons (Fsp3) is 0.500. The summed E-state index contributed by atoms with van der Waals surface area (Å²) in [6.45, 7) is 4.32. The van der Waals surface area contributed by atoms with E-state index in [-0.39, 0.29) is 11.7 Å². The van der Waals surface area contributed by atoms with E-state index in [0.29, 0.717) is 19.5 Å². The van der Waals surface area contributed by atoms with Gasteiger partial charge in [0.1, 0.15) is 6.54 Å². The zero-order chi connectivity index (χ0) is 19.6. The fourth-order valence-corrected chi connectivity index (χ4v) is 4.16. The second-order valence-electron chi connectivity index (χ2n) is 7.00. The number of amides is 1. The highest BCUT2D eigenvalue weighted by atomic mass is 32.2. The number of quaternary nitrogens is 1. The molecule has 0 aliphatic carbocycles. The lowest BCUT2D eigenvalue weighted by atomic mass is 10.1. The molecule has 0 atom stereocenters. The number of nitrogens with one attached hydrogen (secondary N) is 2. The van der Waals surface area contributed by atoms with Gasteiger partial charge in [-0.1, -0.05) is 42.1 Å². The molecule has 8 heteroatoms. The van der Waals surface area contributed by atoms with Crippen molar-refractivity contribution in [2.75, 3.05) is 25.4 Å². The van der Waals surface area contributed by atoms with E-state index in [1.807, 2.05) is 24.3 Å². The number of piperidine rings is 1. The van der Waals surface area contributed by atoms with Crippen molar-refractivity contribution in [1.82, 2.24) is 20.1 Å². The summed E-state index contributed by atoms with van der Waals surface area (Å²) in [6.07, 6.45) is 4.19. The molecule has 7 nitrogen and oxygen atoms in total. The fourth-order valence-electron chi connectivity index (χ4n) is 3.37. The normalized spacial score (nSPS) is 14.5. The predicted molar refractivity (Wildman–Crippen MR) is 108 cm³/mol. The number of nitriles is 1. The Balaban J connectivity index is 1.69. The zero-order valence-electron chi connectivity index (χ0n) is 16.1. The van der Waals surface area contributed by atoms with E-state index < -0.39 is 0 Å². The number of carbonyl (C=O) groups is 1. The molecule has 0 spiro atoms. The predicted octanol–water partition coefficient (Wildman–Crippen LogP) is 1.02. The summed E-state index contributed by atoms with van der Waals surface area (Å²) >= 11 is 1.40. The molecule has 1 fully saturated rings. The summed E-state index contributed by atoms with van der Waals surface area (Å²) in [7, 11) is 0. The third-order valence-electron chi connectivity index (χ3n) is 4.84. The highest BCUT2D eigenvalue weighted by Crippen LogP contribution is 2.18. The molecule has 2 N–H and O–H groups in total. The average Bonchev–Trinajstić information content (AvgIpc) is 3.09. The van der Waals surface area contributed by atoms with Crippen LogP contribution in [0.1, 0.15) is 37.1 Å². The summed E-state index contributed by atoms with van der Waals surface area (Å²) in [4.78, 5) is 13.5. The highest BCUT2D eigenvalue weighted by Gasteiger charge is 2.20. The molecule has 3 rings (SSSR count). The first-order valence-electron chi connectivity index (χ1n) is 9.82. The first-order valence-corrected chi connectivity index (χ1v) is 10.8. The molecule has 1 aliphatic heterocycles. The van der Waals surface area contributed by atoms with Crippen LogP contribution in [0.2, 0.25) is 0 Å². The van der Waals surface area contributed by atoms with Crippen LogP contribution in [0.4, 0.5) is 0 Å². The average molecular weight is 400 g/mol. The van der Waals surface area contributed by atoms with Crippen molar-refractivity contribution in [3.8, 4) is 6.07 Å². The van der Waals surface area contributed by atoms with Gasteiger partial charge in [-0.3, -0.25) is 9.36 Å². The van der Waals surface area contributed by atoms with Crippen molar-refractivity contribution in [3.63, 3.8) is 0 Å². The molecule has 0 radical (unpaired) electrons. The maximum Gasteiger partial charge on any atom is 0.230 e. The summed E-state index contributed by atoms with van der Waals surface area (Å²) in [5, 5.41) is 20.9. The number of carbonyl (C=O) groups excluding carboxylic acids is 1. The molecule has 2 aromatic rings. The Morgan fingerprint density at radius 3 is 2.75 bits per heavy atom. The van der Waals surface area contributed by atoms with Gasteiger partial charge >= 0.3 is 0 Å². The second-order valence-corrected chi connectivity index (χ2v) is 7.95. The first kappa shape index (κ1) is 20.4. The Morgan fingerprint density at radius 1 is 1.21 bits per heavy atom. The van der Waals surface area contributed by atoms with Gasteiger partial charge in [-0.15, -0.1) is 10.2 Å². The molecular weight excluding hydrogens is 372 g/mol. The topological polar surface area (TPSA) is 88.0 Å². The lowest BCUT2D eigenvalue weighted by Crippen LogP contribution is -3.11. The molecule has 1 amide bonds. The van der Waals surface area contributed by atoms with Crippen LogP contribution in [-0.4, -0.2) is 46.1 Å². The van der Waals surface area contributed by atoms with Crippen LogP contribution in [0.25, 0.3) is 0 Å². The second kappa shape index (κ2) is 10.8. The molecular formula is C20H27N6OS+. The van der Waals surface area contributed by atoms with Gasteiger partial charge in [0.15, 0.2) is 11.0 Å². The minimum atomic E-state index is -0.0854. The Labute approximate surface area is 170 Å². The molecule has 0 unspecified atom stereocenters. The highest BCUT2D eigenvalue weighted by molar-refractivity contribution is 7.99. The van der Waals surface area contributed by atoms with E-state index in [0.717, 1.165) is 17.5 Å². The number of hydrogen-bond donors (Lipinski definition) is 2. The number of likely N-dealkylation sites (tertiary alicyclic amines) is 1. The molecule has 1 aliphatic rings. The van der Waals surface area contributed by atoms with Crippen LogP contribution < -0.4 is 10.2 Å². The van der Waals surface area contributed by atoms with Crippen molar-refractivity contribution in [2.45, 2.75) is 43.9 Å². The quantitative estimate of drug-likeness (QED) is 0.485. The Hall–Kier alpha value is -2.37. The Kier molecular flexibility index (Phi) is 7.88. The minimum Gasteiger partial charge on any atom is -0.354 e. The van der Waals surface area contributed by atoms with Crippen LogP contribution in [0, 0.1) is 11.3 Å². The lowest BCUT2D eigenvalue weighted by Gasteiger charge is -2.23. The van der Waals surface area contributed by atoms with Crippen LogP contribution in [0.5, 0.6) is 0 Å². The maximum atomic E-state index is 12.0. The summed E-state index contributed by atoms with van der Waals surface area (Å²) in [6, 6.07) is 12.3. The number of rotatable bonds is 9. The van der Waals surface area contributed by atoms with Crippen LogP contribution in [-0.2, 0) is 17.9 Å². The largest absolute Gasteiger partial charge is 0.354 e. The van der Waals surface area contributed by atoms with Crippen molar-refractivity contribution in [3.05, 3.63) is 41.7 Å². The van der Waals surface area contributed by atoms with Crippen molar-refractivity contribution >= 4 is 17.7 Å². The molecule has 2 heterocycles. The van der Waals surface area contributed by atoms with E-state index in [2.05, 4.69) is 32.2 Å². The van der Waals surface area contributed by atoms with Crippen LogP contribution in [0.15, 0.2) is 35.5 Å². The maximum absolute atomic E-state index is 12.0. The van der Waals surface area contributed by atoms with E-state index >= 15 is 0 Å². The molecule has 1 saturated heterocycles. The number of aromatic nitrogens is 3. The standard InChI is InChI=1S/C20H26N6OS/c21-10-7-11-22-19(27)16-28-20-24-23-18(15-25-12-5-2-6-13-25)26(20)14-17-8-3-1-4-9-17/h1,3-4,8-9H,2,5-7,11-16H2,(H,22,27)/p+1. The van der Waals surface area contributed by atoms with E-state index in [1.165, 1.54) is 49.7 Å². The van der Waals surface area contributed by atoms with Crippen molar-refractivity contribution in [1.29, 1.82) is 5.26 Å². The van der Waals surface area contributed by atoms with E-state index in [9.17, 15) is 4.79 Å². The smallest absolute Gasteiger partial charge is 0.230 e. The Morgan fingerprint density at radius 2 is 2.00 bits per heavy atom. The molecule has 1 aromatic carbocycles. The minimum absolute atomic E-state index is 0.0854. The van der Waals surface area contributed by atoms with Gasteiger partial charge in [0.25, 0.3) is 0 Å². The van der Waals surface area contributed by atoms with Gasteiger partial charge in [0.2, 0.25) is 5.91 Å². The van der Waals surface area contributed by atoms with Gasteiger partial charge in [0.05, 0.1) is 37.9 Å². The third-order valence-corrected chi connectivity index (χ3v) is 5.80. The number of benzene rings is 1. The van der Waals surface area contributed by atoms with E-state index in [4.69, 9.17) is 5.26 Å². The Bertz CT molecular complexity index is 795. The van der Waals surface area contributed by atoms with Crippen molar-refractivity contribution < 1.29 is 9.69 Å². The summed E-state index contributed by atoms with van der Waals surface area (Å²) in [5.74, 6) is 1.17. The first-order chi connectivity index (χ1) is 13.8. The number of thioether (sulfide) groups is 1. The molecule has 1 aromatic heterocycles. The molecule has 28 heavy (non-hydrogen) atoms. The number of nitrogens with zero attached hydrogens (tertiary/aromatic N) is 4. The van der Waals surface area contributed by atoms with Gasteiger partial charge in [-0.25, -0.2) is 0 Å². The number of hydrogen-bond acceptors (Lipinski definition) is 5. The molecule has 0 saturated carbocycles. The van der Waals surface area contributed by atoms with Crippen LogP contribution >= 0.6 is 11.8 Å². The third kappa shape index (κ3) is 6.08. The van der Waals surface area contributed by atoms with Crippen molar-refractivity contribution in [2.24, 2.45) is 0 Å². The SMILES string of the molecule is N#CCCNC(=O)CSc1nnc(C[NH+]2CCCCC2)n1Cc1ccccc1. The van der Waals surface area contributed by atoms with E-state index in [1.54, 1.807) is 4.90 Å². The van der Waals surface area contributed by atoms with Gasteiger partial charge in [-0.2, -0.15) is 5.26 Å². The van der Waals surface area contributed by atoms with Gasteiger partial charge < -0.3 is 10.2 Å². The monoisotopic (exact) mass is 399 g/mol. The molecule has 0 bridgehead atoms. The summed E-state index contributed by atoms with van der Waals surface area (Å²) in [5.41, 5.74) is 1.19.